The Kier molecular flexibility index (Phi) is 5.94. The van der Waals surface area contributed by atoms with Gasteiger partial charge in [0.2, 0.25) is 0 Å². The van der Waals surface area contributed by atoms with E-state index in [4.69, 9.17) is 4.74 Å². The molecule has 0 aliphatic heterocycles. The van der Waals surface area contributed by atoms with Crippen LogP contribution in [-0.4, -0.2) is 25.3 Å². The first-order valence-corrected chi connectivity index (χ1v) is 7.28. The van der Waals surface area contributed by atoms with Crippen molar-refractivity contribution in [2.24, 2.45) is 11.3 Å². The van der Waals surface area contributed by atoms with Crippen LogP contribution in [0.1, 0.15) is 60.3 Å². The van der Waals surface area contributed by atoms with Gasteiger partial charge in [-0.3, -0.25) is 0 Å². The highest BCUT2D eigenvalue weighted by molar-refractivity contribution is 4.81. The molecule has 0 heterocycles. The van der Waals surface area contributed by atoms with Gasteiger partial charge in [-0.05, 0) is 30.7 Å². The number of nitrogens with one attached hydrogen (secondary N) is 1. The number of hydrogen-bond donors (Lipinski definition) is 1. The summed E-state index contributed by atoms with van der Waals surface area (Å²) in [6.45, 7) is 13.2. The molecule has 0 saturated heterocycles. The van der Waals surface area contributed by atoms with Crippen LogP contribution >= 0.6 is 0 Å². The summed E-state index contributed by atoms with van der Waals surface area (Å²) < 4.78 is 6.13. The van der Waals surface area contributed by atoms with Gasteiger partial charge in [-0.25, -0.2) is 0 Å². The van der Waals surface area contributed by atoms with E-state index in [2.05, 4.69) is 39.9 Å². The summed E-state index contributed by atoms with van der Waals surface area (Å²) in [5.74, 6) is 0.848. The minimum absolute atomic E-state index is 0.274. The molecule has 3 atom stereocenters. The van der Waals surface area contributed by atoms with Gasteiger partial charge in [0, 0.05) is 6.04 Å². The van der Waals surface area contributed by atoms with Crippen LogP contribution in [0.2, 0.25) is 0 Å². The number of hydrogen-bond acceptors (Lipinski definition) is 2. The van der Waals surface area contributed by atoms with Crippen LogP contribution in [-0.2, 0) is 4.74 Å². The highest BCUT2D eigenvalue weighted by atomic mass is 16.5. The van der Waals surface area contributed by atoms with Gasteiger partial charge in [0.25, 0.3) is 0 Å². The molecule has 0 aromatic rings. The molecule has 0 amide bonds. The average Bonchev–Trinajstić information content (AvgIpc) is 2.22. The summed E-state index contributed by atoms with van der Waals surface area (Å²) in [5, 5.41) is 3.55. The van der Waals surface area contributed by atoms with Crippen molar-refractivity contribution < 1.29 is 4.74 Å². The van der Waals surface area contributed by atoms with E-state index in [9.17, 15) is 0 Å². The Hall–Kier alpha value is -0.0800. The molecule has 0 aromatic carbocycles. The fourth-order valence-corrected chi connectivity index (χ4v) is 2.62. The fourth-order valence-electron chi connectivity index (χ4n) is 2.62. The van der Waals surface area contributed by atoms with Gasteiger partial charge in [-0.15, -0.1) is 0 Å². The van der Waals surface area contributed by atoms with Crippen molar-refractivity contribution in [1.29, 1.82) is 0 Å². The van der Waals surface area contributed by atoms with Crippen molar-refractivity contribution in [2.75, 3.05) is 13.2 Å². The van der Waals surface area contributed by atoms with E-state index < -0.39 is 0 Å². The van der Waals surface area contributed by atoms with E-state index in [1.165, 1.54) is 25.7 Å². The van der Waals surface area contributed by atoms with E-state index >= 15 is 0 Å². The smallest absolute Gasteiger partial charge is 0.0628 e. The van der Waals surface area contributed by atoms with Gasteiger partial charge in [0.15, 0.2) is 0 Å². The van der Waals surface area contributed by atoms with Gasteiger partial charge in [0.05, 0.1) is 12.7 Å². The molecule has 0 radical (unpaired) electrons. The molecule has 17 heavy (non-hydrogen) atoms. The molecule has 0 aromatic heterocycles. The van der Waals surface area contributed by atoms with Crippen molar-refractivity contribution in [3.8, 4) is 0 Å². The highest BCUT2D eigenvalue weighted by Crippen LogP contribution is 2.27. The maximum atomic E-state index is 6.13. The molecule has 1 N–H and O–H groups in total. The first-order chi connectivity index (χ1) is 7.93. The molecular formula is C15H31NO. The monoisotopic (exact) mass is 241 g/mol. The molecule has 1 fully saturated rings. The van der Waals surface area contributed by atoms with Crippen LogP contribution in [0.4, 0.5) is 0 Å². The Morgan fingerprint density at radius 3 is 2.53 bits per heavy atom. The normalized spacial score (nSPS) is 28.1. The van der Waals surface area contributed by atoms with E-state index in [0.29, 0.717) is 12.1 Å². The van der Waals surface area contributed by atoms with E-state index in [1.807, 2.05) is 0 Å². The van der Waals surface area contributed by atoms with Crippen LogP contribution in [0.25, 0.3) is 0 Å². The second kappa shape index (κ2) is 6.75. The third-order valence-corrected chi connectivity index (χ3v) is 3.88. The van der Waals surface area contributed by atoms with E-state index in [1.54, 1.807) is 0 Å². The van der Waals surface area contributed by atoms with Crippen molar-refractivity contribution in [3.05, 3.63) is 0 Å². The van der Waals surface area contributed by atoms with E-state index in [-0.39, 0.29) is 5.41 Å². The summed E-state index contributed by atoms with van der Waals surface area (Å²) in [6.07, 6.45) is 5.74. The SMILES string of the molecule is CCNC(COC1CCCC(C)C1)C(C)(C)C. The second-order valence-electron chi connectivity index (χ2n) is 6.70. The van der Waals surface area contributed by atoms with Gasteiger partial charge in [-0.1, -0.05) is 47.5 Å². The zero-order valence-corrected chi connectivity index (χ0v) is 12.4. The zero-order chi connectivity index (χ0) is 12.9. The maximum absolute atomic E-state index is 6.13. The van der Waals surface area contributed by atoms with Crippen molar-refractivity contribution in [1.82, 2.24) is 5.32 Å². The predicted octanol–water partition coefficient (Wildman–Crippen LogP) is 3.61. The topological polar surface area (TPSA) is 21.3 Å². The second-order valence-corrected chi connectivity index (χ2v) is 6.70. The minimum Gasteiger partial charge on any atom is -0.377 e. The minimum atomic E-state index is 0.274. The fraction of sp³-hybridized carbons (Fsp3) is 1.00. The quantitative estimate of drug-likeness (QED) is 0.794. The molecule has 2 heteroatoms. The molecule has 102 valence electrons. The molecule has 1 aliphatic carbocycles. The number of rotatable bonds is 5. The maximum Gasteiger partial charge on any atom is 0.0628 e. The predicted molar refractivity (Wildman–Crippen MR) is 74.3 cm³/mol. The number of likely N-dealkylation sites (N-methyl/N-ethyl adjacent to an activating group) is 1. The Balaban J connectivity index is 2.35. The lowest BCUT2D eigenvalue weighted by Crippen LogP contribution is -2.44. The van der Waals surface area contributed by atoms with Gasteiger partial charge < -0.3 is 10.1 Å². The Bertz CT molecular complexity index is 209. The third-order valence-electron chi connectivity index (χ3n) is 3.88. The van der Waals surface area contributed by atoms with Crippen LogP contribution in [0.15, 0.2) is 0 Å². The Morgan fingerprint density at radius 1 is 1.29 bits per heavy atom. The van der Waals surface area contributed by atoms with Gasteiger partial charge >= 0.3 is 0 Å². The highest BCUT2D eigenvalue weighted by Gasteiger charge is 2.26. The number of ether oxygens (including phenoxy) is 1. The van der Waals surface area contributed by atoms with Crippen molar-refractivity contribution >= 4 is 0 Å². The molecular weight excluding hydrogens is 210 g/mol. The van der Waals surface area contributed by atoms with Gasteiger partial charge in [0.1, 0.15) is 0 Å². The van der Waals surface area contributed by atoms with Crippen LogP contribution in [0.3, 0.4) is 0 Å². The van der Waals surface area contributed by atoms with Crippen molar-refractivity contribution in [3.63, 3.8) is 0 Å². The summed E-state index contributed by atoms with van der Waals surface area (Å²) in [7, 11) is 0. The average molecular weight is 241 g/mol. The largest absolute Gasteiger partial charge is 0.377 e. The summed E-state index contributed by atoms with van der Waals surface area (Å²) >= 11 is 0. The summed E-state index contributed by atoms with van der Waals surface area (Å²) in [5.41, 5.74) is 0.274. The lowest BCUT2D eigenvalue weighted by Gasteiger charge is -2.34. The lowest BCUT2D eigenvalue weighted by molar-refractivity contribution is -0.0108. The zero-order valence-electron chi connectivity index (χ0n) is 12.4. The van der Waals surface area contributed by atoms with Crippen LogP contribution < -0.4 is 5.32 Å². The summed E-state index contributed by atoms with van der Waals surface area (Å²) in [6, 6.07) is 0.463. The first kappa shape index (κ1) is 15.0. The Labute approximate surface area is 108 Å². The third kappa shape index (κ3) is 5.39. The van der Waals surface area contributed by atoms with Crippen molar-refractivity contribution in [2.45, 2.75) is 72.4 Å². The van der Waals surface area contributed by atoms with Gasteiger partial charge in [-0.2, -0.15) is 0 Å². The molecule has 1 rings (SSSR count). The molecule has 1 aliphatic rings. The molecule has 2 nitrogen and oxygen atoms in total. The first-order valence-electron chi connectivity index (χ1n) is 7.28. The molecule has 0 spiro atoms. The molecule has 1 saturated carbocycles. The van der Waals surface area contributed by atoms with Crippen LogP contribution in [0, 0.1) is 11.3 Å². The van der Waals surface area contributed by atoms with Crippen LogP contribution in [0.5, 0.6) is 0 Å². The van der Waals surface area contributed by atoms with E-state index in [0.717, 1.165) is 19.1 Å². The molecule has 3 unspecified atom stereocenters. The standard InChI is InChI=1S/C15H31NO/c1-6-16-14(15(3,4)5)11-17-13-9-7-8-12(2)10-13/h12-14,16H,6-11H2,1-5H3. The lowest BCUT2D eigenvalue weighted by atomic mass is 9.86. The Morgan fingerprint density at radius 2 is 2.00 bits per heavy atom. The summed E-state index contributed by atoms with van der Waals surface area (Å²) in [4.78, 5) is 0. The molecule has 0 bridgehead atoms.